The first-order valence-corrected chi connectivity index (χ1v) is 15.2. The summed E-state index contributed by atoms with van der Waals surface area (Å²) in [6.07, 6.45) is 27.8. The van der Waals surface area contributed by atoms with Crippen molar-refractivity contribution in [1.29, 1.82) is 0 Å². The van der Waals surface area contributed by atoms with Crippen molar-refractivity contribution in [2.24, 2.45) is 0 Å². The van der Waals surface area contributed by atoms with Gasteiger partial charge in [0.05, 0.1) is 0 Å². The number of rotatable bonds is 25. The third-order valence-electron chi connectivity index (χ3n) is 7.86. The molecule has 0 bridgehead atoms. The normalized spacial score (nSPS) is 15.0. The molecule has 0 aliphatic rings. The summed E-state index contributed by atoms with van der Waals surface area (Å²) in [6, 6.07) is 0.652. The number of hydrogen-bond donors (Lipinski definition) is 0. The fourth-order valence-electron chi connectivity index (χ4n) is 5.44. The molecule has 0 aliphatic heterocycles. The number of unbranched alkanes of at least 4 members (excludes halogenated alkanes) is 16. The van der Waals surface area contributed by atoms with Gasteiger partial charge in [-0.2, -0.15) is 0 Å². The number of quaternary nitrogens is 1. The monoisotopic (exact) mass is 480 g/mol. The number of hydroxylamine groups is 3. The Hall–Kier alpha value is -0.830. The van der Waals surface area contributed by atoms with Crippen LogP contribution in [0.1, 0.15) is 163 Å². The smallest absolute Gasteiger partial charge is 0.271 e. The minimum atomic E-state index is -0.278. The number of hydrogen-bond acceptors (Lipinski definition) is 2. The molecule has 3 heteroatoms. The van der Waals surface area contributed by atoms with E-state index in [1.54, 1.807) is 0 Å². The largest absolute Gasteiger partial charge is 0.389 e. The van der Waals surface area contributed by atoms with E-state index in [0.29, 0.717) is 16.7 Å². The fraction of sp³-hybridized carbons (Fsp3) is 0.903. The maximum absolute atomic E-state index is 12.3. The molecule has 3 nitrogen and oxygen atoms in total. The summed E-state index contributed by atoms with van der Waals surface area (Å²) in [7, 11) is 0. The van der Waals surface area contributed by atoms with E-state index in [1.165, 1.54) is 122 Å². The molecular weight excluding hydrogens is 418 g/mol. The van der Waals surface area contributed by atoms with Gasteiger partial charge < -0.3 is 0 Å². The Bertz CT molecular complexity index is 448. The van der Waals surface area contributed by atoms with Crippen molar-refractivity contribution in [3.8, 4) is 0 Å². The summed E-state index contributed by atoms with van der Waals surface area (Å²) in [5, 5.41) is 0. The Morgan fingerprint density at radius 2 is 0.971 bits per heavy atom. The lowest BCUT2D eigenvalue weighted by Crippen LogP contribution is -2.60. The average molecular weight is 481 g/mol. The Labute approximate surface area is 214 Å². The van der Waals surface area contributed by atoms with Gasteiger partial charge in [-0.1, -0.05) is 123 Å². The predicted molar refractivity (Wildman–Crippen MR) is 150 cm³/mol. The first-order valence-electron chi connectivity index (χ1n) is 15.2. The molecule has 2 unspecified atom stereocenters. The molecule has 0 N–H and O–H groups in total. The van der Waals surface area contributed by atoms with Crippen LogP contribution in [0.5, 0.6) is 0 Å². The number of nitrogens with zero attached hydrogens (tertiary/aromatic N) is 1. The molecule has 202 valence electrons. The van der Waals surface area contributed by atoms with E-state index in [-0.39, 0.29) is 5.97 Å². The summed E-state index contributed by atoms with van der Waals surface area (Å²) in [5.74, 6) is -0.278. The highest BCUT2D eigenvalue weighted by molar-refractivity contribution is 5.80. The van der Waals surface area contributed by atoms with Crippen LogP contribution in [0.3, 0.4) is 0 Å². The Morgan fingerprint density at radius 1 is 0.647 bits per heavy atom. The maximum atomic E-state index is 12.3. The molecule has 0 rings (SSSR count). The molecule has 2 atom stereocenters. The highest BCUT2D eigenvalue weighted by atomic mass is 16.7. The van der Waals surface area contributed by atoms with Crippen molar-refractivity contribution in [2.45, 2.75) is 175 Å². The summed E-state index contributed by atoms with van der Waals surface area (Å²) in [4.78, 5) is 18.4. The molecule has 0 saturated carbocycles. The first-order chi connectivity index (χ1) is 16.5. The third kappa shape index (κ3) is 15.2. The van der Waals surface area contributed by atoms with Gasteiger partial charge >= 0.3 is 5.97 Å². The van der Waals surface area contributed by atoms with Gasteiger partial charge in [0, 0.05) is 18.9 Å². The lowest BCUT2D eigenvalue weighted by molar-refractivity contribution is -1.12. The predicted octanol–water partition coefficient (Wildman–Crippen LogP) is 10.1. The van der Waals surface area contributed by atoms with Crippen LogP contribution in [0.15, 0.2) is 12.7 Å². The van der Waals surface area contributed by atoms with Crippen molar-refractivity contribution < 1.29 is 14.3 Å². The van der Waals surface area contributed by atoms with Crippen molar-refractivity contribution in [1.82, 2.24) is 0 Å². The van der Waals surface area contributed by atoms with Gasteiger partial charge in [-0.3, -0.25) is 4.84 Å². The molecule has 0 aromatic rings. The number of carbonyl (C=O) groups excluding carboxylic acids is 1. The van der Waals surface area contributed by atoms with E-state index in [0.717, 1.165) is 19.4 Å². The van der Waals surface area contributed by atoms with Crippen LogP contribution in [-0.2, 0) is 9.63 Å². The van der Waals surface area contributed by atoms with Gasteiger partial charge in [-0.25, -0.2) is 4.79 Å². The molecule has 0 saturated heterocycles. The van der Waals surface area contributed by atoms with Crippen molar-refractivity contribution in [3.05, 3.63) is 12.7 Å². The van der Waals surface area contributed by atoms with Gasteiger partial charge in [-0.05, 0) is 33.6 Å². The average Bonchev–Trinajstić information content (AvgIpc) is 2.84. The SMILES string of the molecule is C=CC(=O)O[N+](CC)(C(C)CCCCCCCCCCC)C(C)CCCCCCCCCCC. The molecule has 0 aromatic heterocycles. The zero-order chi connectivity index (χ0) is 25.5. The van der Waals surface area contributed by atoms with Gasteiger partial charge in [0.1, 0.15) is 18.6 Å². The van der Waals surface area contributed by atoms with Gasteiger partial charge in [0.2, 0.25) is 0 Å². The van der Waals surface area contributed by atoms with Crippen LogP contribution in [0.2, 0.25) is 0 Å². The minimum Gasteiger partial charge on any atom is -0.271 e. The van der Waals surface area contributed by atoms with Crippen molar-refractivity contribution >= 4 is 5.97 Å². The van der Waals surface area contributed by atoms with Crippen LogP contribution in [0.25, 0.3) is 0 Å². The summed E-state index contributed by atoms with van der Waals surface area (Å²) < 4.78 is 0.457. The highest BCUT2D eigenvalue weighted by Gasteiger charge is 2.42. The summed E-state index contributed by atoms with van der Waals surface area (Å²) >= 11 is 0. The van der Waals surface area contributed by atoms with E-state index in [9.17, 15) is 4.79 Å². The molecule has 0 amide bonds. The highest BCUT2D eigenvalue weighted by Crippen LogP contribution is 2.28. The Morgan fingerprint density at radius 3 is 1.26 bits per heavy atom. The summed E-state index contributed by atoms with van der Waals surface area (Å²) in [5.41, 5.74) is 0. The summed E-state index contributed by atoms with van der Waals surface area (Å²) in [6.45, 7) is 15.8. The molecular formula is C31H62NO2+. The molecule has 0 aromatic carbocycles. The minimum absolute atomic E-state index is 0.278. The topological polar surface area (TPSA) is 26.3 Å². The second-order valence-electron chi connectivity index (χ2n) is 10.7. The lowest BCUT2D eigenvalue weighted by Gasteiger charge is -2.43. The van der Waals surface area contributed by atoms with E-state index < -0.39 is 0 Å². The zero-order valence-corrected chi connectivity index (χ0v) is 24.1. The van der Waals surface area contributed by atoms with Crippen LogP contribution in [0, 0.1) is 0 Å². The van der Waals surface area contributed by atoms with E-state index in [4.69, 9.17) is 4.84 Å². The van der Waals surface area contributed by atoms with Crippen LogP contribution in [-0.4, -0.2) is 29.2 Å². The molecule has 0 spiro atoms. The van der Waals surface area contributed by atoms with Crippen LogP contribution < -0.4 is 0 Å². The van der Waals surface area contributed by atoms with Gasteiger partial charge in [-0.15, -0.1) is 4.65 Å². The second-order valence-corrected chi connectivity index (χ2v) is 10.7. The first kappa shape index (κ1) is 33.2. The quantitative estimate of drug-likeness (QED) is 0.0562. The van der Waals surface area contributed by atoms with Gasteiger partial charge in [0.15, 0.2) is 0 Å². The Balaban J connectivity index is 4.48. The lowest BCUT2D eigenvalue weighted by atomic mass is 10.0. The van der Waals surface area contributed by atoms with Crippen LogP contribution >= 0.6 is 0 Å². The standard InChI is InChI=1S/C31H62NO2/c1-7-11-13-15-17-19-21-23-25-27-29(5)32(10-4,34-31(33)9-3)30(6)28-26-24-22-20-18-16-14-12-8-2/h9,29-30H,3,7-8,10-28H2,1-2,4-6H3/q+1. The molecule has 0 aliphatic carbocycles. The van der Waals surface area contributed by atoms with E-state index in [2.05, 4.69) is 41.2 Å². The molecule has 34 heavy (non-hydrogen) atoms. The Kier molecular flexibility index (Phi) is 22.1. The van der Waals surface area contributed by atoms with Gasteiger partial charge in [0.25, 0.3) is 0 Å². The molecule has 0 fully saturated rings. The van der Waals surface area contributed by atoms with E-state index in [1.807, 2.05) is 0 Å². The molecule has 0 heterocycles. The fourth-order valence-corrected chi connectivity index (χ4v) is 5.44. The third-order valence-corrected chi connectivity index (χ3v) is 7.86. The van der Waals surface area contributed by atoms with E-state index >= 15 is 0 Å². The zero-order valence-electron chi connectivity index (χ0n) is 24.1. The second kappa shape index (κ2) is 22.6. The molecule has 0 radical (unpaired) electrons. The van der Waals surface area contributed by atoms with Crippen molar-refractivity contribution in [3.63, 3.8) is 0 Å². The van der Waals surface area contributed by atoms with Crippen molar-refractivity contribution in [2.75, 3.05) is 6.54 Å². The number of carbonyl (C=O) groups is 1. The van der Waals surface area contributed by atoms with Crippen LogP contribution in [0.4, 0.5) is 0 Å². The maximum Gasteiger partial charge on any atom is 0.389 e.